The standard InChI is InChI=1S/C11H16N6/c1-2-17-6-5-15-11(17)7-9(16-12)10-8-13-3-4-14-10/h3-6,8-9,16H,2,7,12H2,1H3. The summed E-state index contributed by atoms with van der Waals surface area (Å²) in [5, 5.41) is 0. The number of rotatable bonds is 5. The number of aryl methyl sites for hydroxylation is 1. The molecule has 0 radical (unpaired) electrons. The predicted octanol–water partition coefficient (Wildman–Crippen LogP) is 0.440. The summed E-state index contributed by atoms with van der Waals surface area (Å²) in [5.74, 6) is 6.55. The Kier molecular flexibility index (Phi) is 3.79. The van der Waals surface area contributed by atoms with Crippen molar-refractivity contribution in [2.24, 2.45) is 5.84 Å². The lowest BCUT2D eigenvalue weighted by Crippen LogP contribution is -2.31. The molecule has 17 heavy (non-hydrogen) atoms. The second-order valence-corrected chi connectivity index (χ2v) is 3.68. The van der Waals surface area contributed by atoms with Gasteiger partial charge in [0.2, 0.25) is 0 Å². The quantitative estimate of drug-likeness (QED) is 0.577. The van der Waals surface area contributed by atoms with Crippen LogP contribution in [0.2, 0.25) is 0 Å². The smallest absolute Gasteiger partial charge is 0.110 e. The summed E-state index contributed by atoms with van der Waals surface area (Å²) in [6, 6.07) is -0.0728. The molecule has 0 saturated carbocycles. The number of nitrogens with zero attached hydrogens (tertiary/aromatic N) is 4. The maximum absolute atomic E-state index is 5.56. The van der Waals surface area contributed by atoms with Crippen molar-refractivity contribution in [2.75, 3.05) is 0 Å². The maximum Gasteiger partial charge on any atom is 0.110 e. The normalized spacial score (nSPS) is 12.6. The van der Waals surface area contributed by atoms with Gasteiger partial charge in [0, 0.05) is 37.8 Å². The molecule has 0 saturated heterocycles. The molecule has 3 N–H and O–H groups in total. The van der Waals surface area contributed by atoms with Crippen molar-refractivity contribution in [3.63, 3.8) is 0 Å². The summed E-state index contributed by atoms with van der Waals surface area (Å²) in [5.41, 5.74) is 3.57. The molecule has 0 aromatic carbocycles. The Morgan fingerprint density at radius 3 is 2.88 bits per heavy atom. The van der Waals surface area contributed by atoms with Crippen molar-refractivity contribution in [1.82, 2.24) is 24.9 Å². The minimum absolute atomic E-state index is 0.0728. The van der Waals surface area contributed by atoms with Gasteiger partial charge in [-0.3, -0.25) is 21.2 Å². The van der Waals surface area contributed by atoms with Crippen LogP contribution in [0.25, 0.3) is 0 Å². The second-order valence-electron chi connectivity index (χ2n) is 3.68. The van der Waals surface area contributed by atoms with Crippen LogP contribution < -0.4 is 11.3 Å². The first-order valence-electron chi connectivity index (χ1n) is 5.57. The van der Waals surface area contributed by atoms with Gasteiger partial charge in [0.15, 0.2) is 0 Å². The molecule has 0 aliphatic heterocycles. The molecule has 0 aliphatic rings. The number of nitrogens with one attached hydrogen (secondary N) is 1. The molecule has 1 atom stereocenters. The average molecular weight is 232 g/mol. The van der Waals surface area contributed by atoms with Gasteiger partial charge >= 0.3 is 0 Å². The molecule has 0 bridgehead atoms. The van der Waals surface area contributed by atoms with Crippen LogP contribution in [0.15, 0.2) is 31.0 Å². The number of nitrogens with two attached hydrogens (primary N) is 1. The third-order valence-electron chi connectivity index (χ3n) is 2.67. The summed E-state index contributed by atoms with van der Waals surface area (Å²) in [6.45, 7) is 2.98. The third kappa shape index (κ3) is 2.66. The van der Waals surface area contributed by atoms with Crippen LogP contribution in [0.1, 0.15) is 24.5 Å². The molecular formula is C11H16N6. The fourth-order valence-corrected chi connectivity index (χ4v) is 1.74. The first-order chi connectivity index (χ1) is 8.35. The first kappa shape index (κ1) is 11.7. The molecule has 6 nitrogen and oxygen atoms in total. The molecule has 1 unspecified atom stereocenters. The van der Waals surface area contributed by atoms with Crippen LogP contribution >= 0.6 is 0 Å². The molecular weight excluding hydrogens is 216 g/mol. The van der Waals surface area contributed by atoms with E-state index in [1.54, 1.807) is 24.8 Å². The molecule has 90 valence electrons. The Morgan fingerprint density at radius 2 is 2.24 bits per heavy atom. The minimum atomic E-state index is -0.0728. The SMILES string of the molecule is CCn1ccnc1CC(NN)c1cnccn1. The van der Waals surface area contributed by atoms with Gasteiger partial charge in [-0.2, -0.15) is 0 Å². The fraction of sp³-hybridized carbons (Fsp3) is 0.364. The highest BCUT2D eigenvalue weighted by atomic mass is 15.2. The number of hydrogen-bond donors (Lipinski definition) is 2. The van der Waals surface area contributed by atoms with E-state index in [1.165, 1.54) is 0 Å². The van der Waals surface area contributed by atoms with E-state index in [9.17, 15) is 0 Å². The summed E-state index contributed by atoms with van der Waals surface area (Å²) in [6.07, 6.45) is 9.46. The number of hydrazine groups is 1. The molecule has 0 spiro atoms. The van der Waals surface area contributed by atoms with E-state index in [0.29, 0.717) is 6.42 Å². The highest BCUT2D eigenvalue weighted by molar-refractivity contribution is 5.06. The number of hydrogen-bond acceptors (Lipinski definition) is 5. The van der Waals surface area contributed by atoms with E-state index < -0.39 is 0 Å². The van der Waals surface area contributed by atoms with Gasteiger partial charge in [0.25, 0.3) is 0 Å². The molecule has 0 amide bonds. The van der Waals surface area contributed by atoms with E-state index in [2.05, 4.69) is 31.9 Å². The maximum atomic E-state index is 5.56. The van der Waals surface area contributed by atoms with Crippen molar-refractivity contribution in [3.8, 4) is 0 Å². The summed E-state index contributed by atoms with van der Waals surface area (Å²) < 4.78 is 2.08. The Bertz CT molecular complexity index is 452. The van der Waals surface area contributed by atoms with Crippen molar-refractivity contribution in [3.05, 3.63) is 42.5 Å². The zero-order chi connectivity index (χ0) is 12.1. The van der Waals surface area contributed by atoms with Gasteiger partial charge in [-0.1, -0.05) is 0 Å². The van der Waals surface area contributed by atoms with Gasteiger partial charge in [0.1, 0.15) is 5.82 Å². The van der Waals surface area contributed by atoms with Gasteiger partial charge in [-0.15, -0.1) is 0 Å². The van der Waals surface area contributed by atoms with Gasteiger partial charge in [-0.05, 0) is 6.92 Å². The van der Waals surface area contributed by atoms with Crippen molar-refractivity contribution < 1.29 is 0 Å². The Labute approximate surface area is 99.9 Å². The Morgan fingerprint density at radius 1 is 1.35 bits per heavy atom. The lowest BCUT2D eigenvalue weighted by Gasteiger charge is -2.15. The zero-order valence-electron chi connectivity index (χ0n) is 9.74. The molecule has 0 fully saturated rings. The highest BCUT2D eigenvalue weighted by Crippen LogP contribution is 2.13. The molecule has 2 aromatic rings. The third-order valence-corrected chi connectivity index (χ3v) is 2.67. The summed E-state index contributed by atoms with van der Waals surface area (Å²) >= 11 is 0. The predicted molar refractivity (Wildman–Crippen MR) is 63.7 cm³/mol. The van der Waals surface area contributed by atoms with Crippen LogP contribution in [-0.4, -0.2) is 19.5 Å². The van der Waals surface area contributed by atoms with E-state index in [4.69, 9.17) is 5.84 Å². The van der Waals surface area contributed by atoms with Gasteiger partial charge in [-0.25, -0.2) is 4.98 Å². The van der Waals surface area contributed by atoms with E-state index in [1.807, 2.05) is 6.20 Å². The molecule has 2 aromatic heterocycles. The van der Waals surface area contributed by atoms with Gasteiger partial charge in [0.05, 0.1) is 17.9 Å². The van der Waals surface area contributed by atoms with E-state index in [0.717, 1.165) is 18.1 Å². The highest BCUT2D eigenvalue weighted by Gasteiger charge is 2.14. The van der Waals surface area contributed by atoms with Crippen LogP contribution in [0, 0.1) is 0 Å². The largest absolute Gasteiger partial charge is 0.335 e. The van der Waals surface area contributed by atoms with E-state index in [-0.39, 0.29) is 6.04 Å². The Balaban J connectivity index is 2.16. The van der Waals surface area contributed by atoms with Crippen molar-refractivity contribution in [1.29, 1.82) is 0 Å². The average Bonchev–Trinajstić information content (AvgIpc) is 2.84. The van der Waals surface area contributed by atoms with Crippen LogP contribution in [0.3, 0.4) is 0 Å². The van der Waals surface area contributed by atoms with Crippen LogP contribution in [0.5, 0.6) is 0 Å². The first-order valence-corrected chi connectivity index (χ1v) is 5.57. The van der Waals surface area contributed by atoms with Crippen molar-refractivity contribution in [2.45, 2.75) is 25.9 Å². The van der Waals surface area contributed by atoms with Crippen LogP contribution in [-0.2, 0) is 13.0 Å². The monoisotopic (exact) mass is 232 g/mol. The summed E-state index contributed by atoms with van der Waals surface area (Å²) in [7, 11) is 0. The topological polar surface area (TPSA) is 81.7 Å². The second kappa shape index (κ2) is 5.51. The minimum Gasteiger partial charge on any atom is -0.335 e. The summed E-state index contributed by atoms with van der Waals surface area (Å²) in [4.78, 5) is 12.6. The molecule has 6 heteroatoms. The van der Waals surface area contributed by atoms with Crippen LogP contribution in [0.4, 0.5) is 0 Å². The zero-order valence-corrected chi connectivity index (χ0v) is 9.74. The lowest BCUT2D eigenvalue weighted by atomic mass is 10.1. The number of imidazole rings is 1. The van der Waals surface area contributed by atoms with E-state index >= 15 is 0 Å². The Hall–Kier alpha value is -1.79. The molecule has 2 rings (SSSR count). The molecule has 0 aliphatic carbocycles. The molecule has 2 heterocycles. The lowest BCUT2D eigenvalue weighted by molar-refractivity contribution is 0.510. The van der Waals surface area contributed by atoms with Gasteiger partial charge < -0.3 is 4.57 Å². The van der Waals surface area contributed by atoms with Crippen molar-refractivity contribution >= 4 is 0 Å². The fourth-order valence-electron chi connectivity index (χ4n) is 1.74. The number of aromatic nitrogens is 4.